The molecule has 2 aromatic rings. The number of carbonyl (C=O) groups excluding carboxylic acids is 1. The van der Waals surface area contributed by atoms with Crippen molar-refractivity contribution < 1.29 is 14.3 Å². The van der Waals surface area contributed by atoms with E-state index in [0.29, 0.717) is 22.1 Å². The average molecular weight is 445 g/mol. The van der Waals surface area contributed by atoms with Gasteiger partial charge >= 0.3 is 0 Å². The van der Waals surface area contributed by atoms with Gasteiger partial charge in [0.15, 0.2) is 11.5 Å². The van der Waals surface area contributed by atoms with Crippen LogP contribution in [0.1, 0.15) is 15.9 Å². The molecule has 0 bridgehead atoms. The second kappa shape index (κ2) is 8.16. The van der Waals surface area contributed by atoms with Crippen LogP contribution >= 0.6 is 34.2 Å². The minimum absolute atomic E-state index is 0.369. The summed E-state index contributed by atoms with van der Waals surface area (Å²) >= 11 is 8.11. The topological polar surface area (TPSA) is 59.9 Å². The molecule has 0 aliphatic carbocycles. The predicted octanol–water partition coefficient (Wildman–Crippen LogP) is 3.73. The number of amides is 1. The van der Waals surface area contributed by atoms with Gasteiger partial charge in [0.1, 0.15) is 0 Å². The van der Waals surface area contributed by atoms with E-state index in [9.17, 15) is 4.79 Å². The second-order valence-electron chi connectivity index (χ2n) is 4.42. The zero-order valence-corrected chi connectivity index (χ0v) is 15.4. The van der Waals surface area contributed by atoms with Gasteiger partial charge in [-0.1, -0.05) is 23.7 Å². The lowest BCUT2D eigenvalue weighted by molar-refractivity contribution is 0.0955. The van der Waals surface area contributed by atoms with Gasteiger partial charge in [-0.15, -0.1) is 0 Å². The molecule has 1 amide bonds. The Balaban J connectivity index is 2.13. The largest absolute Gasteiger partial charge is 0.493 e. The van der Waals surface area contributed by atoms with E-state index in [1.54, 1.807) is 44.6 Å². The van der Waals surface area contributed by atoms with Crippen LogP contribution in [-0.2, 0) is 0 Å². The summed E-state index contributed by atoms with van der Waals surface area (Å²) in [5.41, 5.74) is 3.58. The summed E-state index contributed by atoms with van der Waals surface area (Å²) in [6.45, 7) is 0. The zero-order valence-electron chi connectivity index (χ0n) is 12.5. The molecule has 5 nitrogen and oxygen atoms in total. The number of methoxy groups -OCH3 is 2. The Hall–Kier alpha value is -1.80. The molecule has 1 N–H and O–H groups in total. The maximum atomic E-state index is 12.0. The maximum Gasteiger partial charge on any atom is 0.272 e. The number of benzene rings is 2. The Labute approximate surface area is 152 Å². The summed E-state index contributed by atoms with van der Waals surface area (Å²) in [5, 5.41) is 4.32. The molecule has 0 atom stereocenters. The quantitative estimate of drug-likeness (QED) is 0.434. The Morgan fingerprint density at radius 1 is 1.26 bits per heavy atom. The summed E-state index contributed by atoms with van der Waals surface area (Å²) in [6.07, 6.45) is 1.53. The summed E-state index contributed by atoms with van der Waals surface area (Å²) in [6, 6.07) is 10.4. The Bertz CT molecular complexity index is 750. The predicted molar refractivity (Wildman–Crippen MR) is 98.8 cm³/mol. The third-order valence-corrected chi connectivity index (χ3v) is 4.08. The lowest BCUT2D eigenvalue weighted by atomic mass is 10.2. The first-order valence-corrected chi connectivity index (χ1v) is 8.02. The highest BCUT2D eigenvalue weighted by molar-refractivity contribution is 14.1. The molecule has 7 heteroatoms. The van der Waals surface area contributed by atoms with E-state index in [1.807, 2.05) is 6.07 Å². The Morgan fingerprint density at radius 3 is 2.65 bits per heavy atom. The van der Waals surface area contributed by atoms with Gasteiger partial charge in [0.05, 0.1) is 34.6 Å². The first-order valence-electron chi connectivity index (χ1n) is 6.56. The van der Waals surface area contributed by atoms with Crippen molar-refractivity contribution in [3.05, 3.63) is 56.1 Å². The lowest BCUT2D eigenvalue weighted by Gasteiger charge is -2.10. The van der Waals surface area contributed by atoms with Crippen molar-refractivity contribution in [3.8, 4) is 11.5 Å². The molecular formula is C16H14ClIN2O3. The van der Waals surface area contributed by atoms with E-state index < -0.39 is 0 Å². The normalized spacial score (nSPS) is 10.6. The van der Waals surface area contributed by atoms with Crippen LogP contribution in [0.3, 0.4) is 0 Å². The third kappa shape index (κ3) is 4.35. The third-order valence-electron chi connectivity index (χ3n) is 2.95. The van der Waals surface area contributed by atoms with Crippen LogP contribution in [0.15, 0.2) is 41.5 Å². The SMILES string of the molecule is COc1cc(/C=N\NC(=O)c2ccccc2Cl)cc(I)c1OC. The molecule has 23 heavy (non-hydrogen) atoms. The highest BCUT2D eigenvalue weighted by atomic mass is 127. The van der Waals surface area contributed by atoms with Crippen molar-refractivity contribution in [2.45, 2.75) is 0 Å². The van der Waals surface area contributed by atoms with E-state index in [2.05, 4.69) is 33.1 Å². The van der Waals surface area contributed by atoms with E-state index in [-0.39, 0.29) is 5.91 Å². The van der Waals surface area contributed by atoms with Gasteiger partial charge < -0.3 is 9.47 Å². The number of nitrogens with one attached hydrogen (secondary N) is 1. The van der Waals surface area contributed by atoms with Crippen LogP contribution in [-0.4, -0.2) is 26.3 Å². The van der Waals surface area contributed by atoms with Gasteiger partial charge in [0.2, 0.25) is 0 Å². The summed E-state index contributed by atoms with van der Waals surface area (Å²) < 4.78 is 11.4. The average Bonchev–Trinajstić information content (AvgIpc) is 2.54. The second-order valence-corrected chi connectivity index (χ2v) is 5.99. The number of hydrogen-bond donors (Lipinski definition) is 1. The number of hydrogen-bond acceptors (Lipinski definition) is 4. The van der Waals surface area contributed by atoms with Crippen LogP contribution in [0, 0.1) is 3.57 Å². The first-order chi connectivity index (χ1) is 11.1. The fourth-order valence-corrected chi connectivity index (χ4v) is 2.95. The van der Waals surface area contributed by atoms with E-state index in [4.69, 9.17) is 21.1 Å². The van der Waals surface area contributed by atoms with Crippen molar-refractivity contribution in [1.82, 2.24) is 5.43 Å². The van der Waals surface area contributed by atoms with Crippen LogP contribution in [0.5, 0.6) is 11.5 Å². The molecular weight excluding hydrogens is 431 g/mol. The van der Waals surface area contributed by atoms with Crippen molar-refractivity contribution in [2.24, 2.45) is 5.10 Å². The van der Waals surface area contributed by atoms with E-state index >= 15 is 0 Å². The summed E-state index contributed by atoms with van der Waals surface area (Å²) in [5.74, 6) is 0.880. The molecule has 0 unspecified atom stereocenters. The molecule has 2 aromatic carbocycles. The van der Waals surface area contributed by atoms with Crippen molar-refractivity contribution >= 4 is 46.3 Å². The fraction of sp³-hybridized carbons (Fsp3) is 0.125. The number of carbonyl (C=O) groups is 1. The van der Waals surface area contributed by atoms with Crippen LogP contribution in [0.2, 0.25) is 5.02 Å². The van der Waals surface area contributed by atoms with Crippen molar-refractivity contribution in [2.75, 3.05) is 14.2 Å². The number of halogens is 2. The fourth-order valence-electron chi connectivity index (χ4n) is 1.88. The number of hydrazone groups is 1. The molecule has 0 spiro atoms. The first kappa shape index (κ1) is 17.6. The molecule has 0 saturated heterocycles. The van der Waals surface area contributed by atoms with Gasteiger partial charge in [-0.2, -0.15) is 5.10 Å². The molecule has 0 aliphatic heterocycles. The van der Waals surface area contributed by atoms with E-state index in [1.165, 1.54) is 6.21 Å². The minimum Gasteiger partial charge on any atom is -0.493 e. The van der Waals surface area contributed by atoms with Crippen LogP contribution in [0.25, 0.3) is 0 Å². The van der Waals surface area contributed by atoms with Gasteiger partial charge in [-0.25, -0.2) is 5.43 Å². The van der Waals surface area contributed by atoms with Crippen LogP contribution in [0.4, 0.5) is 0 Å². The molecule has 2 rings (SSSR count). The molecule has 0 aromatic heterocycles. The van der Waals surface area contributed by atoms with Crippen molar-refractivity contribution in [1.29, 1.82) is 0 Å². The van der Waals surface area contributed by atoms with E-state index in [0.717, 1.165) is 9.13 Å². The highest BCUT2D eigenvalue weighted by Crippen LogP contribution is 2.32. The minimum atomic E-state index is -0.373. The molecule has 0 saturated carbocycles. The van der Waals surface area contributed by atoms with Gasteiger partial charge in [-0.05, 0) is 52.4 Å². The Morgan fingerprint density at radius 2 is 2.00 bits per heavy atom. The molecule has 0 radical (unpaired) electrons. The summed E-state index contributed by atoms with van der Waals surface area (Å²) in [4.78, 5) is 12.0. The lowest BCUT2D eigenvalue weighted by Crippen LogP contribution is -2.17. The monoisotopic (exact) mass is 444 g/mol. The highest BCUT2D eigenvalue weighted by Gasteiger charge is 2.10. The molecule has 0 heterocycles. The van der Waals surface area contributed by atoms with Crippen LogP contribution < -0.4 is 14.9 Å². The molecule has 120 valence electrons. The Kier molecular flexibility index (Phi) is 6.23. The molecule has 0 aliphatic rings. The number of nitrogens with zero attached hydrogens (tertiary/aromatic N) is 1. The van der Waals surface area contributed by atoms with Gasteiger partial charge in [0, 0.05) is 0 Å². The van der Waals surface area contributed by atoms with Gasteiger partial charge in [-0.3, -0.25) is 4.79 Å². The zero-order chi connectivity index (χ0) is 16.8. The smallest absolute Gasteiger partial charge is 0.272 e. The summed E-state index contributed by atoms with van der Waals surface area (Å²) in [7, 11) is 3.14. The molecule has 0 fully saturated rings. The van der Waals surface area contributed by atoms with Crippen molar-refractivity contribution in [3.63, 3.8) is 0 Å². The van der Waals surface area contributed by atoms with Gasteiger partial charge in [0.25, 0.3) is 5.91 Å². The number of rotatable bonds is 5. The maximum absolute atomic E-state index is 12.0. The number of ether oxygens (including phenoxy) is 2. The standard InChI is InChI=1S/C16H14ClIN2O3/c1-22-14-8-10(7-13(18)15(14)23-2)9-19-20-16(21)11-5-3-4-6-12(11)17/h3-9H,1-2H3,(H,20,21)/b19-9-.